The maximum atomic E-state index is 12.5. The molecule has 2 aromatic rings. The third-order valence-electron chi connectivity index (χ3n) is 5.51. The van der Waals surface area contributed by atoms with Crippen molar-refractivity contribution in [3.63, 3.8) is 0 Å². The molecule has 1 amide bonds. The molecule has 2 aliphatic rings. The third-order valence-corrected chi connectivity index (χ3v) is 5.51. The summed E-state index contributed by atoms with van der Waals surface area (Å²) < 4.78 is 11.5. The van der Waals surface area contributed by atoms with Gasteiger partial charge in [-0.15, -0.1) is 0 Å². The zero-order valence-electron chi connectivity index (χ0n) is 16.5. The van der Waals surface area contributed by atoms with Crippen LogP contribution in [0, 0.1) is 0 Å². The number of hydrogen-bond donors (Lipinski definition) is 1. The Hall–Kier alpha value is -2.44. The molecule has 4 rings (SSSR count). The van der Waals surface area contributed by atoms with Crippen molar-refractivity contribution in [2.24, 2.45) is 0 Å². The SMILES string of the molecule is CC(C)c1ccc(NC(=O)c2ccc(N3CCC4(CC3)OCCO4)nc2)cc1. The predicted molar refractivity (Wildman–Crippen MR) is 109 cm³/mol. The number of pyridine rings is 1. The van der Waals surface area contributed by atoms with Crippen molar-refractivity contribution in [2.45, 2.75) is 38.4 Å². The van der Waals surface area contributed by atoms with E-state index in [0.717, 1.165) is 37.4 Å². The van der Waals surface area contributed by atoms with Crippen LogP contribution in [0.5, 0.6) is 0 Å². The van der Waals surface area contributed by atoms with Crippen LogP contribution >= 0.6 is 0 Å². The molecule has 6 heteroatoms. The molecule has 3 heterocycles. The van der Waals surface area contributed by atoms with Gasteiger partial charge in [-0.2, -0.15) is 0 Å². The Bertz CT molecular complexity index is 802. The van der Waals surface area contributed by atoms with E-state index in [9.17, 15) is 4.79 Å². The van der Waals surface area contributed by atoms with Gasteiger partial charge in [-0.3, -0.25) is 4.79 Å². The molecule has 1 N–H and O–H groups in total. The largest absolute Gasteiger partial charge is 0.356 e. The van der Waals surface area contributed by atoms with E-state index in [1.807, 2.05) is 36.4 Å². The molecule has 0 unspecified atom stereocenters. The highest BCUT2D eigenvalue weighted by atomic mass is 16.7. The summed E-state index contributed by atoms with van der Waals surface area (Å²) in [4.78, 5) is 19.2. The summed E-state index contributed by atoms with van der Waals surface area (Å²) in [6.07, 6.45) is 3.31. The minimum absolute atomic E-state index is 0.151. The number of hydrogen-bond acceptors (Lipinski definition) is 5. The fourth-order valence-electron chi connectivity index (χ4n) is 3.72. The Balaban J connectivity index is 1.35. The number of ether oxygens (including phenoxy) is 2. The summed E-state index contributed by atoms with van der Waals surface area (Å²) in [6.45, 7) is 7.33. The molecule has 1 aromatic heterocycles. The molecule has 148 valence electrons. The first-order chi connectivity index (χ1) is 13.5. The monoisotopic (exact) mass is 381 g/mol. The lowest BCUT2D eigenvalue weighted by Gasteiger charge is -2.38. The summed E-state index contributed by atoms with van der Waals surface area (Å²) in [6, 6.07) is 11.7. The van der Waals surface area contributed by atoms with Gasteiger partial charge >= 0.3 is 0 Å². The first-order valence-electron chi connectivity index (χ1n) is 9.95. The molecule has 2 fully saturated rings. The standard InChI is InChI=1S/C22H27N3O3/c1-16(2)17-3-6-19(7-4-17)24-21(26)18-5-8-20(23-15-18)25-11-9-22(10-12-25)27-13-14-28-22/h3-8,15-16H,9-14H2,1-2H3,(H,24,26). The van der Waals surface area contributed by atoms with Crippen molar-refractivity contribution >= 4 is 17.4 Å². The quantitative estimate of drug-likeness (QED) is 0.873. The van der Waals surface area contributed by atoms with Crippen LogP contribution in [0.25, 0.3) is 0 Å². The number of amides is 1. The van der Waals surface area contributed by atoms with Crippen LogP contribution in [0.2, 0.25) is 0 Å². The summed E-state index contributed by atoms with van der Waals surface area (Å²) in [5.41, 5.74) is 2.59. The molecule has 2 saturated heterocycles. The van der Waals surface area contributed by atoms with Crippen LogP contribution < -0.4 is 10.2 Å². The average Bonchev–Trinajstić information content (AvgIpc) is 3.17. The normalized spacial score (nSPS) is 18.6. The topological polar surface area (TPSA) is 63.7 Å². The average molecular weight is 381 g/mol. The van der Waals surface area contributed by atoms with Crippen molar-refractivity contribution in [3.05, 3.63) is 53.7 Å². The van der Waals surface area contributed by atoms with E-state index in [1.165, 1.54) is 5.56 Å². The maximum absolute atomic E-state index is 12.5. The Labute approximate surface area is 165 Å². The Morgan fingerprint density at radius 3 is 2.32 bits per heavy atom. The highest BCUT2D eigenvalue weighted by molar-refractivity contribution is 6.04. The lowest BCUT2D eigenvalue weighted by atomic mass is 10.0. The van der Waals surface area contributed by atoms with E-state index in [1.54, 1.807) is 6.20 Å². The lowest BCUT2D eigenvalue weighted by molar-refractivity contribution is -0.169. The molecule has 28 heavy (non-hydrogen) atoms. The Morgan fingerprint density at radius 2 is 1.75 bits per heavy atom. The zero-order valence-corrected chi connectivity index (χ0v) is 16.5. The molecule has 0 radical (unpaired) electrons. The number of aromatic nitrogens is 1. The van der Waals surface area contributed by atoms with Crippen LogP contribution in [-0.4, -0.2) is 43.0 Å². The van der Waals surface area contributed by atoms with Crippen molar-refractivity contribution in [3.8, 4) is 0 Å². The second-order valence-electron chi connectivity index (χ2n) is 7.73. The van der Waals surface area contributed by atoms with Crippen LogP contribution in [0.4, 0.5) is 11.5 Å². The zero-order chi connectivity index (χ0) is 19.6. The number of carbonyl (C=O) groups is 1. The second-order valence-corrected chi connectivity index (χ2v) is 7.73. The van der Waals surface area contributed by atoms with E-state index in [0.29, 0.717) is 24.7 Å². The third kappa shape index (κ3) is 4.03. The minimum Gasteiger partial charge on any atom is -0.356 e. The van der Waals surface area contributed by atoms with Crippen LogP contribution in [0.3, 0.4) is 0 Å². The fraction of sp³-hybridized carbons (Fsp3) is 0.455. The van der Waals surface area contributed by atoms with Crippen LogP contribution in [0.15, 0.2) is 42.6 Å². The first kappa shape index (κ1) is 18.9. The lowest BCUT2D eigenvalue weighted by Crippen LogP contribution is -2.45. The van der Waals surface area contributed by atoms with Gasteiger partial charge in [0.2, 0.25) is 0 Å². The van der Waals surface area contributed by atoms with Crippen molar-refractivity contribution < 1.29 is 14.3 Å². The van der Waals surface area contributed by atoms with E-state index in [2.05, 4.69) is 29.0 Å². The molecular weight excluding hydrogens is 354 g/mol. The van der Waals surface area contributed by atoms with Gasteiger partial charge in [0.25, 0.3) is 5.91 Å². The van der Waals surface area contributed by atoms with Gasteiger partial charge in [0, 0.05) is 37.8 Å². The van der Waals surface area contributed by atoms with Gasteiger partial charge in [-0.1, -0.05) is 26.0 Å². The predicted octanol–water partition coefficient (Wildman–Crippen LogP) is 3.80. The van der Waals surface area contributed by atoms with E-state index in [-0.39, 0.29) is 11.7 Å². The molecule has 1 aromatic carbocycles. The highest BCUT2D eigenvalue weighted by Crippen LogP contribution is 2.32. The number of carbonyl (C=O) groups excluding carboxylic acids is 1. The van der Waals surface area contributed by atoms with Crippen LogP contribution in [-0.2, 0) is 9.47 Å². The number of piperidine rings is 1. The van der Waals surface area contributed by atoms with Crippen molar-refractivity contribution in [1.82, 2.24) is 4.98 Å². The molecule has 0 bridgehead atoms. The molecule has 0 atom stereocenters. The molecule has 0 saturated carbocycles. The van der Waals surface area contributed by atoms with Crippen LogP contribution in [0.1, 0.15) is 48.5 Å². The Morgan fingerprint density at radius 1 is 1.07 bits per heavy atom. The number of anilines is 2. The van der Waals surface area contributed by atoms with Crippen molar-refractivity contribution in [1.29, 1.82) is 0 Å². The Kier molecular flexibility index (Phi) is 5.33. The van der Waals surface area contributed by atoms with Gasteiger partial charge in [-0.05, 0) is 35.7 Å². The summed E-state index contributed by atoms with van der Waals surface area (Å²) >= 11 is 0. The van der Waals surface area contributed by atoms with Gasteiger partial charge in [0.05, 0.1) is 18.8 Å². The van der Waals surface area contributed by atoms with Gasteiger partial charge in [0.1, 0.15) is 5.82 Å². The number of rotatable bonds is 4. The van der Waals surface area contributed by atoms with Gasteiger partial charge in [0.15, 0.2) is 5.79 Å². The number of nitrogens with one attached hydrogen (secondary N) is 1. The van der Waals surface area contributed by atoms with E-state index < -0.39 is 0 Å². The summed E-state index contributed by atoms with van der Waals surface area (Å²) in [5.74, 6) is 0.812. The molecule has 0 aliphatic carbocycles. The molecule has 6 nitrogen and oxygen atoms in total. The number of nitrogens with zero attached hydrogens (tertiary/aromatic N) is 2. The van der Waals surface area contributed by atoms with Gasteiger partial charge < -0.3 is 19.7 Å². The van der Waals surface area contributed by atoms with E-state index in [4.69, 9.17) is 9.47 Å². The second kappa shape index (κ2) is 7.89. The fourth-order valence-corrected chi connectivity index (χ4v) is 3.72. The molecule has 2 aliphatic heterocycles. The summed E-state index contributed by atoms with van der Waals surface area (Å²) in [7, 11) is 0. The minimum atomic E-state index is -0.387. The molecule has 1 spiro atoms. The first-order valence-corrected chi connectivity index (χ1v) is 9.95. The smallest absolute Gasteiger partial charge is 0.257 e. The maximum Gasteiger partial charge on any atom is 0.257 e. The summed E-state index contributed by atoms with van der Waals surface area (Å²) in [5, 5.41) is 2.93. The van der Waals surface area contributed by atoms with E-state index >= 15 is 0 Å². The molecular formula is C22H27N3O3. The number of benzene rings is 1. The van der Waals surface area contributed by atoms with Crippen molar-refractivity contribution in [2.75, 3.05) is 36.5 Å². The highest BCUT2D eigenvalue weighted by Gasteiger charge is 2.40. The van der Waals surface area contributed by atoms with Gasteiger partial charge in [-0.25, -0.2) is 4.98 Å².